The molecule has 0 N–H and O–H groups in total. The van der Waals surface area contributed by atoms with Crippen molar-refractivity contribution in [1.29, 1.82) is 0 Å². The molecule has 0 bridgehead atoms. The Kier molecular flexibility index (Phi) is 4.35. The van der Waals surface area contributed by atoms with E-state index in [1.165, 1.54) is 0 Å². The summed E-state index contributed by atoms with van der Waals surface area (Å²) in [7, 11) is 3.36. The van der Waals surface area contributed by atoms with E-state index in [1.807, 2.05) is 60.7 Å². The summed E-state index contributed by atoms with van der Waals surface area (Å²) in [4.78, 5) is 0. The van der Waals surface area contributed by atoms with Gasteiger partial charge in [-0.1, -0.05) is 42.5 Å². The zero-order chi connectivity index (χ0) is 19.8. The molecule has 5 rings (SSSR count). The summed E-state index contributed by atoms with van der Waals surface area (Å²) in [5.74, 6) is 2.51. The lowest BCUT2D eigenvalue weighted by Gasteiger charge is -2.38. The molecule has 0 spiro atoms. The molecule has 3 aromatic carbocycles. The molecule has 0 aromatic heterocycles. The van der Waals surface area contributed by atoms with Crippen LogP contribution in [0.25, 0.3) is 0 Å². The molecular weight excluding hydrogens is 364 g/mol. The molecule has 5 nitrogen and oxygen atoms in total. The third-order valence-electron chi connectivity index (χ3n) is 5.51. The lowest BCUT2D eigenvalue weighted by atomic mass is 9.96. The van der Waals surface area contributed by atoms with E-state index in [1.54, 1.807) is 14.2 Å². The molecule has 146 valence electrons. The van der Waals surface area contributed by atoms with Gasteiger partial charge in [0.05, 0.1) is 31.5 Å². The van der Waals surface area contributed by atoms with Crippen LogP contribution in [-0.4, -0.2) is 24.9 Å². The number of nitrogens with zero attached hydrogens (tertiary/aromatic N) is 2. The minimum Gasteiger partial charge on any atom is -0.497 e. The van der Waals surface area contributed by atoms with Crippen LogP contribution >= 0.6 is 0 Å². The molecule has 0 radical (unpaired) electrons. The highest BCUT2D eigenvalue weighted by molar-refractivity contribution is 6.02. The zero-order valence-corrected chi connectivity index (χ0v) is 16.4. The first-order valence-electron chi connectivity index (χ1n) is 9.67. The van der Waals surface area contributed by atoms with Crippen LogP contribution in [0.3, 0.4) is 0 Å². The van der Waals surface area contributed by atoms with E-state index >= 15 is 0 Å². The van der Waals surface area contributed by atoms with Crippen molar-refractivity contribution in [3.63, 3.8) is 0 Å². The van der Waals surface area contributed by atoms with Gasteiger partial charge in [0, 0.05) is 17.5 Å². The lowest BCUT2D eigenvalue weighted by molar-refractivity contribution is -0.0203. The number of rotatable bonds is 4. The molecule has 29 heavy (non-hydrogen) atoms. The lowest BCUT2D eigenvalue weighted by Crippen LogP contribution is -2.33. The van der Waals surface area contributed by atoms with Gasteiger partial charge in [0.1, 0.15) is 17.2 Å². The Morgan fingerprint density at radius 3 is 2.52 bits per heavy atom. The maximum Gasteiger partial charge on any atom is 0.217 e. The van der Waals surface area contributed by atoms with E-state index in [-0.39, 0.29) is 12.3 Å². The van der Waals surface area contributed by atoms with Crippen molar-refractivity contribution < 1.29 is 14.2 Å². The average molecular weight is 386 g/mol. The zero-order valence-electron chi connectivity index (χ0n) is 16.4. The number of fused-ring (bicyclic) bond motifs is 3. The van der Waals surface area contributed by atoms with Crippen LogP contribution in [0.5, 0.6) is 17.2 Å². The van der Waals surface area contributed by atoms with Crippen molar-refractivity contribution in [3.8, 4) is 17.2 Å². The van der Waals surface area contributed by atoms with Gasteiger partial charge in [0.15, 0.2) is 0 Å². The van der Waals surface area contributed by atoms with Crippen molar-refractivity contribution in [1.82, 2.24) is 5.01 Å². The first-order valence-corrected chi connectivity index (χ1v) is 9.67. The number of hydrazone groups is 1. The molecular formula is C24H22N2O3. The van der Waals surface area contributed by atoms with Crippen molar-refractivity contribution >= 4 is 5.71 Å². The summed E-state index contributed by atoms with van der Waals surface area (Å²) in [6, 6.07) is 24.3. The monoisotopic (exact) mass is 386 g/mol. The first-order chi connectivity index (χ1) is 14.3. The Balaban J connectivity index is 1.61. The topological polar surface area (TPSA) is 43.3 Å². The van der Waals surface area contributed by atoms with E-state index in [0.29, 0.717) is 0 Å². The third kappa shape index (κ3) is 2.99. The normalized spacial score (nSPS) is 19.7. The van der Waals surface area contributed by atoms with Crippen LogP contribution in [0.1, 0.15) is 35.4 Å². The fourth-order valence-electron chi connectivity index (χ4n) is 4.09. The van der Waals surface area contributed by atoms with E-state index in [2.05, 4.69) is 17.1 Å². The molecule has 0 unspecified atom stereocenters. The number of hydrogen-bond donors (Lipinski definition) is 0. The molecule has 2 aliphatic rings. The molecule has 0 saturated carbocycles. The number of methoxy groups -OCH3 is 2. The molecule has 3 aromatic rings. The van der Waals surface area contributed by atoms with Crippen molar-refractivity contribution in [2.45, 2.75) is 18.7 Å². The maximum atomic E-state index is 6.42. The van der Waals surface area contributed by atoms with Crippen LogP contribution in [-0.2, 0) is 0 Å². The van der Waals surface area contributed by atoms with Crippen LogP contribution in [0.4, 0.5) is 0 Å². The van der Waals surface area contributed by atoms with E-state index in [0.717, 1.165) is 46.1 Å². The largest absolute Gasteiger partial charge is 0.497 e. The van der Waals surface area contributed by atoms with Gasteiger partial charge in [-0.2, -0.15) is 5.10 Å². The fourth-order valence-corrected chi connectivity index (χ4v) is 4.09. The number of hydrogen-bond acceptors (Lipinski definition) is 5. The summed E-state index contributed by atoms with van der Waals surface area (Å²) in [6.07, 6.45) is 0.452. The van der Waals surface area contributed by atoms with Crippen LogP contribution in [0.2, 0.25) is 0 Å². The second-order valence-electron chi connectivity index (χ2n) is 7.13. The molecule has 0 fully saturated rings. The van der Waals surface area contributed by atoms with Gasteiger partial charge in [-0.25, -0.2) is 5.01 Å². The van der Waals surface area contributed by atoms with Crippen LogP contribution in [0, 0.1) is 0 Å². The van der Waals surface area contributed by atoms with E-state index < -0.39 is 0 Å². The van der Waals surface area contributed by atoms with Crippen molar-refractivity contribution in [3.05, 3.63) is 89.5 Å². The Bertz CT molecular complexity index is 1080. The standard InChI is InChI=1S/C24H22N2O3/c1-27-17-9-7-8-16(14-17)20-15-21-18-10-3-6-13-23(18)29-24(26(21)25-20)19-11-4-5-12-22(19)28-2/h3-14,21,24H,15H2,1-2H3/t21-,24+/m1/s1. The molecule has 0 saturated heterocycles. The number of para-hydroxylation sites is 2. The molecule has 2 atom stereocenters. The van der Waals surface area contributed by atoms with E-state index in [9.17, 15) is 0 Å². The summed E-state index contributed by atoms with van der Waals surface area (Å²) in [5, 5.41) is 7.07. The number of ether oxygens (including phenoxy) is 3. The SMILES string of the molecule is COc1cccc(C2=NN3[C@H](C2)c2ccccc2O[C@H]3c2ccccc2OC)c1. The van der Waals surface area contributed by atoms with E-state index in [4.69, 9.17) is 19.3 Å². The maximum absolute atomic E-state index is 6.42. The summed E-state index contributed by atoms with van der Waals surface area (Å²) >= 11 is 0. The molecule has 2 aliphatic heterocycles. The Hall–Kier alpha value is -3.47. The van der Waals surface area contributed by atoms with Gasteiger partial charge in [0.2, 0.25) is 6.23 Å². The highest BCUT2D eigenvalue weighted by Crippen LogP contribution is 2.48. The fraction of sp³-hybridized carbons (Fsp3) is 0.208. The van der Waals surface area contributed by atoms with Crippen LogP contribution in [0.15, 0.2) is 77.9 Å². The van der Waals surface area contributed by atoms with Gasteiger partial charge >= 0.3 is 0 Å². The highest BCUT2D eigenvalue weighted by atomic mass is 16.5. The minimum atomic E-state index is -0.353. The second-order valence-corrected chi connectivity index (χ2v) is 7.13. The van der Waals surface area contributed by atoms with Gasteiger partial charge in [-0.05, 0) is 30.3 Å². The molecule has 0 amide bonds. The third-order valence-corrected chi connectivity index (χ3v) is 5.51. The quantitative estimate of drug-likeness (QED) is 0.637. The van der Waals surface area contributed by atoms with Gasteiger partial charge in [0.25, 0.3) is 0 Å². The average Bonchev–Trinajstić information content (AvgIpc) is 3.24. The molecule has 2 heterocycles. The summed E-state index contributed by atoms with van der Waals surface area (Å²) in [6.45, 7) is 0. The van der Waals surface area contributed by atoms with Gasteiger partial charge in [-0.15, -0.1) is 0 Å². The van der Waals surface area contributed by atoms with Crippen molar-refractivity contribution in [2.24, 2.45) is 5.10 Å². The second kappa shape index (κ2) is 7.17. The minimum absolute atomic E-state index is 0.107. The predicted octanol–water partition coefficient (Wildman–Crippen LogP) is 4.95. The Labute approximate surface area is 170 Å². The predicted molar refractivity (Wildman–Crippen MR) is 112 cm³/mol. The number of benzene rings is 3. The van der Waals surface area contributed by atoms with Crippen molar-refractivity contribution in [2.75, 3.05) is 14.2 Å². The van der Waals surface area contributed by atoms with Gasteiger partial charge < -0.3 is 14.2 Å². The Morgan fingerprint density at radius 2 is 1.69 bits per heavy atom. The Morgan fingerprint density at radius 1 is 0.897 bits per heavy atom. The summed E-state index contributed by atoms with van der Waals surface area (Å²) < 4.78 is 17.4. The molecule has 5 heteroatoms. The smallest absolute Gasteiger partial charge is 0.217 e. The highest BCUT2D eigenvalue weighted by Gasteiger charge is 2.41. The first kappa shape index (κ1) is 17.6. The molecule has 0 aliphatic carbocycles. The van der Waals surface area contributed by atoms with Gasteiger partial charge in [-0.3, -0.25) is 0 Å². The van der Waals surface area contributed by atoms with Crippen LogP contribution < -0.4 is 14.2 Å². The summed E-state index contributed by atoms with van der Waals surface area (Å²) in [5.41, 5.74) is 4.20.